The van der Waals surface area contributed by atoms with Crippen molar-refractivity contribution in [1.29, 1.82) is 0 Å². The topological polar surface area (TPSA) is 81.8 Å². The Morgan fingerprint density at radius 1 is 1.00 bits per heavy atom. The van der Waals surface area contributed by atoms with Crippen LogP contribution in [0.4, 0.5) is 0 Å². The van der Waals surface area contributed by atoms with E-state index in [0.29, 0.717) is 30.5 Å². The second-order valence-electron chi connectivity index (χ2n) is 6.40. The molecule has 3 N–H and O–H groups in total. The Morgan fingerprint density at radius 2 is 1.73 bits per heavy atom. The van der Waals surface area contributed by atoms with E-state index in [1.165, 1.54) is 12.0 Å². The third kappa shape index (κ3) is 3.00. The number of hydrogen-bond donors (Lipinski definition) is 3. The number of fused-ring (bicyclic) bond motifs is 1. The third-order valence-corrected chi connectivity index (χ3v) is 4.91. The van der Waals surface area contributed by atoms with Gasteiger partial charge in [0.1, 0.15) is 24.9 Å². The van der Waals surface area contributed by atoms with Crippen LogP contribution in [0, 0.1) is 0 Å². The quantitative estimate of drug-likeness (QED) is 0.750. The molecule has 0 aliphatic carbocycles. The van der Waals surface area contributed by atoms with Gasteiger partial charge < -0.3 is 34.1 Å². The summed E-state index contributed by atoms with van der Waals surface area (Å²) >= 11 is 0. The van der Waals surface area contributed by atoms with Crippen LogP contribution in [0.5, 0.6) is 28.7 Å². The number of methoxy groups -OCH3 is 1. The summed E-state index contributed by atoms with van der Waals surface area (Å²) < 4.78 is 21.6. The van der Waals surface area contributed by atoms with Crippen LogP contribution in [0.3, 0.4) is 0 Å². The van der Waals surface area contributed by atoms with Gasteiger partial charge in [-0.15, -0.1) is 0 Å². The summed E-state index contributed by atoms with van der Waals surface area (Å²) in [6.45, 7) is 3.09. The number of benzene rings is 2. The molecule has 2 aromatic carbocycles. The molecule has 0 amide bonds. The summed E-state index contributed by atoms with van der Waals surface area (Å²) in [6.07, 6.45) is 0. The smallest absolute Gasteiger partial charge is 0.231 e. The fourth-order valence-electron chi connectivity index (χ4n) is 3.61. The van der Waals surface area contributed by atoms with Crippen molar-refractivity contribution in [3.05, 3.63) is 41.5 Å². The number of rotatable bonds is 4. The van der Waals surface area contributed by atoms with Crippen LogP contribution >= 0.6 is 0 Å². The lowest BCUT2D eigenvalue weighted by Gasteiger charge is -2.32. The minimum absolute atomic E-state index is 0.0851. The lowest BCUT2D eigenvalue weighted by Crippen LogP contribution is -3.14. The summed E-state index contributed by atoms with van der Waals surface area (Å²) in [6, 6.07) is 8.57. The van der Waals surface area contributed by atoms with Gasteiger partial charge in [-0.1, -0.05) is 0 Å². The molecular formula is C19H22NO6+. The predicted molar refractivity (Wildman–Crippen MR) is 92.2 cm³/mol. The van der Waals surface area contributed by atoms with Crippen molar-refractivity contribution >= 4 is 0 Å². The Labute approximate surface area is 151 Å². The molecule has 1 fully saturated rings. The van der Waals surface area contributed by atoms with E-state index >= 15 is 0 Å². The highest BCUT2D eigenvalue weighted by atomic mass is 16.7. The molecule has 138 valence electrons. The van der Waals surface area contributed by atoms with Gasteiger partial charge in [-0.05, 0) is 24.3 Å². The zero-order chi connectivity index (χ0) is 18.1. The summed E-state index contributed by atoms with van der Waals surface area (Å²) in [7, 11) is 1.52. The maximum absolute atomic E-state index is 10.7. The number of morpholine rings is 1. The van der Waals surface area contributed by atoms with Crippen molar-refractivity contribution in [2.24, 2.45) is 0 Å². The second kappa shape index (κ2) is 6.93. The van der Waals surface area contributed by atoms with Crippen molar-refractivity contribution in [3.8, 4) is 28.7 Å². The molecule has 26 heavy (non-hydrogen) atoms. The van der Waals surface area contributed by atoms with Crippen LogP contribution < -0.4 is 19.1 Å². The number of hydrogen-bond acceptors (Lipinski definition) is 6. The van der Waals surface area contributed by atoms with Gasteiger partial charge in [0, 0.05) is 11.6 Å². The minimum atomic E-state index is -0.150. The van der Waals surface area contributed by atoms with Crippen LogP contribution in [-0.4, -0.2) is 50.4 Å². The van der Waals surface area contributed by atoms with Gasteiger partial charge in [0.15, 0.2) is 23.0 Å². The molecule has 1 saturated heterocycles. The molecule has 2 aromatic rings. The largest absolute Gasteiger partial charge is 0.507 e. The van der Waals surface area contributed by atoms with Crippen molar-refractivity contribution in [3.63, 3.8) is 0 Å². The van der Waals surface area contributed by atoms with Crippen LogP contribution in [-0.2, 0) is 4.74 Å². The lowest BCUT2D eigenvalue weighted by atomic mass is 9.95. The molecule has 7 heteroatoms. The molecule has 1 atom stereocenters. The van der Waals surface area contributed by atoms with Gasteiger partial charge in [-0.25, -0.2) is 0 Å². The molecule has 0 saturated carbocycles. The number of nitrogens with one attached hydrogen (secondary N) is 1. The SMILES string of the molecule is COc1cc([C@H](c2cc3c(cc2O)OCO3)[NH+]2CCOCC2)ccc1O. The van der Waals surface area contributed by atoms with Crippen molar-refractivity contribution in [2.45, 2.75) is 6.04 Å². The number of aromatic hydroxyl groups is 2. The van der Waals surface area contributed by atoms with E-state index in [1.54, 1.807) is 12.1 Å². The third-order valence-electron chi connectivity index (χ3n) is 4.91. The first-order valence-electron chi connectivity index (χ1n) is 8.59. The molecule has 2 aliphatic heterocycles. The molecule has 0 bridgehead atoms. The van der Waals surface area contributed by atoms with Crippen molar-refractivity contribution < 1.29 is 34.1 Å². The molecular weight excluding hydrogens is 338 g/mol. The zero-order valence-electron chi connectivity index (χ0n) is 14.5. The number of ether oxygens (including phenoxy) is 4. The van der Waals surface area contributed by atoms with E-state index in [2.05, 4.69) is 0 Å². The maximum atomic E-state index is 10.7. The monoisotopic (exact) mass is 360 g/mol. The van der Waals surface area contributed by atoms with E-state index in [9.17, 15) is 10.2 Å². The molecule has 2 heterocycles. The van der Waals surface area contributed by atoms with E-state index in [4.69, 9.17) is 18.9 Å². The maximum Gasteiger partial charge on any atom is 0.231 e. The predicted octanol–water partition coefficient (Wildman–Crippen LogP) is 0.840. The highest BCUT2D eigenvalue weighted by Gasteiger charge is 2.33. The number of phenolic OH excluding ortho intramolecular Hbond substituents is 2. The van der Waals surface area contributed by atoms with Crippen LogP contribution in [0.25, 0.3) is 0 Å². The molecule has 0 radical (unpaired) electrons. The average molecular weight is 360 g/mol. The van der Waals surface area contributed by atoms with Gasteiger partial charge >= 0.3 is 0 Å². The second-order valence-corrected chi connectivity index (χ2v) is 6.40. The fraction of sp³-hybridized carbons (Fsp3) is 0.368. The molecule has 0 spiro atoms. The van der Waals surface area contributed by atoms with Gasteiger partial charge in [-0.2, -0.15) is 0 Å². The molecule has 0 unspecified atom stereocenters. The van der Waals surface area contributed by atoms with Crippen molar-refractivity contribution in [1.82, 2.24) is 0 Å². The summed E-state index contributed by atoms with van der Waals surface area (Å²) in [5, 5.41) is 20.6. The standard InChI is InChI=1S/C19H21NO6/c1-23-16-8-12(2-3-14(16)21)19(20-4-6-24-7-5-20)13-9-17-18(10-15(13)22)26-11-25-17/h2-3,8-10,19,21-22H,4-7,11H2,1H3/p+1/t19-/m1/s1. The first-order valence-corrected chi connectivity index (χ1v) is 8.59. The van der Waals surface area contributed by atoms with Crippen LogP contribution in [0.1, 0.15) is 17.2 Å². The highest BCUT2D eigenvalue weighted by molar-refractivity contribution is 5.54. The lowest BCUT2D eigenvalue weighted by molar-refractivity contribution is -0.933. The Bertz CT molecular complexity index is 803. The van der Waals surface area contributed by atoms with Crippen LogP contribution in [0.15, 0.2) is 30.3 Å². The first kappa shape index (κ1) is 16.8. The van der Waals surface area contributed by atoms with Crippen molar-refractivity contribution in [2.75, 3.05) is 40.2 Å². The Kier molecular flexibility index (Phi) is 4.48. The van der Waals surface area contributed by atoms with E-state index in [-0.39, 0.29) is 24.3 Å². The minimum Gasteiger partial charge on any atom is -0.507 e. The summed E-state index contributed by atoms with van der Waals surface area (Å²) in [5.74, 6) is 1.82. The Morgan fingerprint density at radius 3 is 2.46 bits per heavy atom. The zero-order valence-corrected chi connectivity index (χ0v) is 14.5. The van der Waals surface area contributed by atoms with E-state index in [1.807, 2.05) is 18.2 Å². The molecule has 7 nitrogen and oxygen atoms in total. The number of quaternary nitrogens is 1. The van der Waals surface area contributed by atoms with Gasteiger partial charge in [-0.3, -0.25) is 0 Å². The Balaban J connectivity index is 1.81. The van der Waals surface area contributed by atoms with Gasteiger partial charge in [0.25, 0.3) is 0 Å². The summed E-state index contributed by atoms with van der Waals surface area (Å²) in [5.41, 5.74) is 1.68. The fourth-order valence-corrected chi connectivity index (χ4v) is 3.61. The average Bonchev–Trinajstić information content (AvgIpc) is 3.11. The first-order chi connectivity index (χ1) is 12.7. The number of phenols is 2. The highest BCUT2D eigenvalue weighted by Crippen LogP contribution is 2.41. The van der Waals surface area contributed by atoms with Gasteiger partial charge in [0.2, 0.25) is 6.79 Å². The van der Waals surface area contributed by atoms with E-state index < -0.39 is 0 Å². The Hall–Kier alpha value is -2.64. The normalized spacial score (nSPS) is 17.9. The molecule has 4 rings (SSSR count). The molecule has 0 aromatic heterocycles. The summed E-state index contributed by atoms with van der Waals surface area (Å²) in [4.78, 5) is 1.26. The van der Waals surface area contributed by atoms with Crippen LogP contribution in [0.2, 0.25) is 0 Å². The van der Waals surface area contributed by atoms with E-state index in [0.717, 1.165) is 24.2 Å². The molecule has 2 aliphatic rings. The van der Waals surface area contributed by atoms with Gasteiger partial charge in [0.05, 0.1) is 25.9 Å².